The van der Waals surface area contributed by atoms with Gasteiger partial charge in [0.15, 0.2) is 11.5 Å². The first kappa shape index (κ1) is 35.5. The van der Waals surface area contributed by atoms with Gasteiger partial charge in [-0.2, -0.15) is 27.1 Å². The maximum Gasteiger partial charge on any atom is 0.296 e. The van der Waals surface area contributed by atoms with Gasteiger partial charge in [0.05, 0.1) is 33.4 Å². The number of azo groups is 2. The molecule has 1 aliphatic heterocycles. The number of hydrogen-bond acceptors (Lipinski definition) is 14. The molecule has 6 aromatic carbocycles. The molecule has 0 atom stereocenters. The van der Waals surface area contributed by atoms with E-state index in [0.717, 1.165) is 12.1 Å². The smallest absolute Gasteiger partial charge is 0.296 e. The van der Waals surface area contributed by atoms with Gasteiger partial charge in [-0.25, -0.2) is 0 Å². The number of phenolic OH excluding ortho intramolecular Hbond substituents is 2. The van der Waals surface area contributed by atoms with Crippen LogP contribution in [0.25, 0.3) is 21.5 Å². The van der Waals surface area contributed by atoms with Crippen molar-refractivity contribution in [2.75, 3.05) is 23.4 Å². The van der Waals surface area contributed by atoms with Crippen LogP contribution in [0.1, 0.15) is 0 Å². The van der Waals surface area contributed by atoms with Crippen molar-refractivity contribution in [1.29, 1.82) is 0 Å². The fraction of sp³-hybridized carbons (Fsp3) is 0.0303. The summed E-state index contributed by atoms with van der Waals surface area (Å²) in [6.07, 6.45) is 0. The Morgan fingerprint density at radius 1 is 0.604 bits per heavy atom. The first-order valence-corrected chi connectivity index (χ1v) is 19.6. The molecule has 6 aromatic rings. The Hall–Kier alpha value is -5.95. The van der Waals surface area contributed by atoms with Crippen molar-refractivity contribution in [2.45, 2.75) is 9.79 Å². The molecule has 1 heterocycles. The summed E-state index contributed by atoms with van der Waals surface area (Å²) in [5.74, 6) is -1.21. The quantitative estimate of drug-likeness (QED) is 0.0430. The average molecular weight is 776 g/mol. The molecule has 20 heteroatoms. The van der Waals surface area contributed by atoms with Gasteiger partial charge < -0.3 is 31.5 Å². The summed E-state index contributed by atoms with van der Waals surface area (Å²) in [5.41, 5.74) is 11.6. The summed E-state index contributed by atoms with van der Waals surface area (Å²) in [6.45, 7) is 0. The van der Waals surface area contributed by atoms with Crippen molar-refractivity contribution < 1.29 is 45.6 Å². The summed E-state index contributed by atoms with van der Waals surface area (Å²) in [7, 11) is -12.6. The lowest BCUT2D eigenvalue weighted by atomic mass is 10.1. The van der Waals surface area contributed by atoms with Crippen molar-refractivity contribution in [3.8, 4) is 11.5 Å². The van der Waals surface area contributed by atoms with Gasteiger partial charge in [0.25, 0.3) is 27.6 Å². The molecular weight excluding hydrogens is 750 g/mol. The highest BCUT2D eigenvalue weighted by Crippen LogP contribution is 2.51. The molecule has 0 aromatic heterocycles. The lowest BCUT2D eigenvalue weighted by molar-refractivity contribution is 0.471. The zero-order valence-corrected chi connectivity index (χ0v) is 29.5. The molecule has 0 amide bonds. The number of nitrogens with two attached hydrogens (primary N) is 2. The van der Waals surface area contributed by atoms with Gasteiger partial charge >= 0.3 is 0 Å². The van der Waals surface area contributed by atoms with E-state index in [1.165, 1.54) is 72.8 Å². The van der Waals surface area contributed by atoms with Gasteiger partial charge in [-0.1, -0.05) is 0 Å². The molecule has 0 spiro atoms. The monoisotopic (exact) mass is 775 g/mol. The largest absolute Gasteiger partial charge is 0.505 e. The maximum absolute atomic E-state index is 14.2. The summed E-state index contributed by atoms with van der Waals surface area (Å²) in [4.78, 5) is 11.7. The third kappa shape index (κ3) is 6.20. The fourth-order valence-corrected chi connectivity index (χ4v) is 9.26. The molecule has 7 rings (SSSR count). The molecule has 0 radical (unpaired) electrons. The third-order valence-electron chi connectivity index (χ3n) is 8.53. The second-order valence-electron chi connectivity index (χ2n) is 11.9. The highest BCUT2D eigenvalue weighted by Gasteiger charge is 2.37. The highest BCUT2D eigenvalue weighted by atomic mass is 32.2. The molecule has 270 valence electrons. The van der Waals surface area contributed by atoms with Crippen molar-refractivity contribution in [2.24, 2.45) is 20.5 Å². The number of hydrogen-bond donors (Lipinski definition) is 7. The van der Waals surface area contributed by atoms with Gasteiger partial charge in [0.1, 0.15) is 21.2 Å². The van der Waals surface area contributed by atoms with Crippen LogP contribution in [0.15, 0.2) is 115 Å². The Labute approximate surface area is 300 Å². The van der Waals surface area contributed by atoms with Crippen molar-refractivity contribution >= 4 is 105 Å². The van der Waals surface area contributed by atoms with Crippen molar-refractivity contribution in [1.82, 2.24) is 0 Å². The molecule has 0 saturated heterocycles. The Bertz CT molecular complexity index is 2730. The normalized spacial score (nSPS) is 16.1. The summed E-state index contributed by atoms with van der Waals surface area (Å²) in [6, 6.07) is 19.1. The summed E-state index contributed by atoms with van der Waals surface area (Å²) < 4.78 is 82.9. The van der Waals surface area contributed by atoms with Crippen LogP contribution in [0, 0.1) is 0 Å². The van der Waals surface area contributed by atoms with Crippen LogP contribution in [0.5, 0.6) is 11.5 Å². The van der Waals surface area contributed by atoms with Crippen LogP contribution >= 0.6 is 7.37 Å². The van der Waals surface area contributed by atoms with Crippen LogP contribution in [-0.4, -0.2) is 48.1 Å². The Morgan fingerprint density at radius 3 is 1.38 bits per heavy atom. The number of benzene rings is 6. The van der Waals surface area contributed by atoms with E-state index in [9.17, 15) is 45.6 Å². The van der Waals surface area contributed by atoms with Gasteiger partial charge in [-0.15, -0.1) is 10.2 Å². The summed E-state index contributed by atoms with van der Waals surface area (Å²) in [5, 5.41) is 38.2. The van der Waals surface area contributed by atoms with E-state index in [-0.39, 0.29) is 54.9 Å². The predicted octanol–water partition coefficient (Wildman–Crippen LogP) is 6.20. The van der Waals surface area contributed by atoms with Crippen LogP contribution < -0.4 is 27.0 Å². The average Bonchev–Trinajstić information content (AvgIpc) is 3.08. The zero-order chi connectivity index (χ0) is 38.2. The number of rotatable bonds is 6. The van der Waals surface area contributed by atoms with E-state index in [1.807, 2.05) is 0 Å². The number of aromatic hydroxyl groups is 2. The van der Waals surface area contributed by atoms with E-state index in [0.29, 0.717) is 11.4 Å². The van der Waals surface area contributed by atoms with Crippen molar-refractivity contribution in [3.05, 3.63) is 84.9 Å². The fourth-order valence-electron chi connectivity index (χ4n) is 6.00. The third-order valence-corrected chi connectivity index (χ3v) is 12.3. The van der Waals surface area contributed by atoms with E-state index in [1.54, 1.807) is 11.9 Å². The van der Waals surface area contributed by atoms with E-state index in [4.69, 9.17) is 11.5 Å². The molecule has 0 bridgehead atoms. The first-order chi connectivity index (χ1) is 24.8. The molecule has 0 saturated carbocycles. The van der Waals surface area contributed by atoms with Crippen LogP contribution in [0.3, 0.4) is 0 Å². The molecule has 9 N–H and O–H groups in total. The minimum Gasteiger partial charge on any atom is -0.505 e. The second kappa shape index (κ2) is 12.3. The molecule has 0 fully saturated rings. The molecule has 17 nitrogen and oxygen atoms in total. The molecule has 0 aliphatic carbocycles. The molecular formula is C33H26N7O10PS2. The van der Waals surface area contributed by atoms with E-state index >= 15 is 0 Å². The van der Waals surface area contributed by atoms with E-state index in [2.05, 4.69) is 20.5 Å². The Morgan fingerprint density at radius 2 is 1.00 bits per heavy atom. The summed E-state index contributed by atoms with van der Waals surface area (Å²) >= 11 is 0. The van der Waals surface area contributed by atoms with Gasteiger partial charge in [-0.3, -0.25) is 13.7 Å². The van der Waals surface area contributed by atoms with Crippen molar-refractivity contribution in [3.63, 3.8) is 0 Å². The van der Waals surface area contributed by atoms with Gasteiger partial charge in [0.2, 0.25) is 0 Å². The molecule has 1 aliphatic rings. The van der Waals surface area contributed by atoms with Crippen LogP contribution in [-0.2, 0) is 24.8 Å². The Kier molecular flexibility index (Phi) is 8.25. The number of nitrogens with zero attached hydrogens (tertiary/aromatic N) is 5. The van der Waals surface area contributed by atoms with Gasteiger partial charge in [-0.05, 0) is 95.7 Å². The standard InChI is InChI=1S/C33H26N7O10PS2/c1-40-24-8-4-20(36-38-30-28(52(45,46)47)12-16-10-18(34)2-6-22(16)32(30)41)14-26(24)51(43,44)27-15-21(5-9-25(27)40)37-39-31-29(53(48,49)50)13-17-11-19(35)3-7-23(17)33(31)42/h2-15,41-42H,34-35H2,1H3,(H,43,44)(H,45,46,47)(H,48,49,50). The maximum atomic E-state index is 14.2. The topological polar surface area (TPSA) is 291 Å². The van der Waals surface area contributed by atoms with Gasteiger partial charge in [0, 0.05) is 29.2 Å². The minimum atomic E-state index is -4.91. The molecule has 0 unspecified atom stereocenters. The lowest BCUT2D eigenvalue weighted by Crippen LogP contribution is -2.32. The Balaban J connectivity index is 1.28. The minimum absolute atomic E-state index is 0.0184. The first-order valence-electron chi connectivity index (χ1n) is 15.1. The van der Waals surface area contributed by atoms with Crippen LogP contribution in [0.4, 0.5) is 45.5 Å². The second-order valence-corrected chi connectivity index (χ2v) is 16.8. The predicted molar refractivity (Wildman–Crippen MR) is 198 cm³/mol. The SMILES string of the molecule is CN1c2ccc(N=Nc3c(S(=O)(=O)O)cc4cc(N)ccc4c3O)cc2P(=O)(O)c2cc(N=Nc3c(S(=O)(=O)O)cc4cc(N)ccc4c3O)ccc21. The van der Waals surface area contributed by atoms with Crippen LogP contribution in [0.2, 0.25) is 0 Å². The number of nitrogen functional groups attached to an aromatic ring is 2. The number of fused-ring (bicyclic) bond motifs is 4. The molecule has 53 heavy (non-hydrogen) atoms. The lowest BCUT2D eigenvalue weighted by Gasteiger charge is -2.32. The number of anilines is 4. The highest BCUT2D eigenvalue weighted by molar-refractivity contribution is 7.86. The number of phenols is 2. The zero-order valence-electron chi connectivity index (χ0n) is 27.0. The van der Waals surface area contributed by atoms with E-state index < -0.39 is 60.3 Å².